The fraction of sp³-hybridized carbons (Fsp3) is 0.279. The normalized spacial score (nSPS) is 13.1. The van der Waals surface area contributed by atoms with Crippen molar-refractivity contribution in [2.24, 2.45) is 10.7 Å². The Labute approximate surface area is 724 Å². The second kappa shape index (κ2) is 45.4. The number of nitrogens with two attached hydrogens (primary N) is 2. The van der Waals surface area contributed by atoms with Crippen LogP contribution in [0.15, 0.2) is 157 Å². The number of hydrogen-bond acceptors (Lipinski definition) is 27. The number of nitriles is 3. The van der Waals surface area contributed by atoms with Crippen molar-refractivity contribution in [3.05, 3.63) is 264 Å². The summed E-state index contributed by atoms with van der Waals surface area (Å²) in [5.74, 6) is 0.574. The molecule has 118 heavy (non-hydrogen) atoms. The number of carbonyl (C=O) groups is 1. The number of pyridine rings is 5. The van der Waals surface area contributed by atoms with Crippen LogP contribution in [0.1, 0.15) is 165 Å². The van der Waals surface area contributed by atoms with Crippen LogP contribution in [0.3, 0.4) is 0 Å². The van der Waals surface area contributed by atoms with Crippen molar-refractivity contribution in [2.45, 2.75) is 153 Å². The molecule has 28 nitrogen and oxygen atoms in total. The number of aryl methyl sites for hydroxylation is 5. The van der Waals surface area contributed by atoms with Gasteiger partial charge in [0, 0.05) is 171 Å². The van der Waals surface area contributed by atoms with Crippen LogP contribution < -0.4 is 41.6 Å². The van der Waals surface area contributed by atoms with Gasteiger partial charge < -0.3 is 81.0 Å². The van der Waals surface area contributed by atoms with Crippen molar-refractivity contribution >= 4 is 113 Å². The van der Waals surface area contributed by atoms with E-state index < -0.39 is 17.4 Å². The first-order valence-electron chi connectivity index (χ1n) is 36.6. The number of aldehydes is 1. The fourth-order valence-electron chi connectivity index (χ4n) is 11.1. The van der Waals surface area contributed by atoms with E-state index >= 15 is 0 Å². The Balaban J connectivity index is 0.000000197. The van der Waals surface area contributed by atoms with Crippen LogP contribution in [0.2, 0.25) is 0 Å². The molecule has 0 radical (unpaired) electrons. The number of aromatic nitrogens is 5. The summed E-state index contributed by atoms with van der Waals surface area (Å²) in [4.78, 5) is 36.1. The van der Waals surface area contributed by atoms with Crippen molar-refractivity contribution < 1.29 is 63.3 Å². The molecule has 13 rings (SSSR count). The Morgan fingerprint density at radius 3 is 1.27 bits per heavy atom. The van der Waals surface area contributed by atoms with Crippen LogP contribution in [0.4, 0.5) is 28.4 Å². The van der Waals surface area contributed by atoms with E-state index in [1.54, 1.807) is 130 Å². The number of rotatable bonds is 17. The first-order chi connectivity index (χ1) is 56.1. The van der Waals surface area contributed by atoms with Gasteiger partial charge in [-0.05, 0) is 180 Å². The van der Waals surface area contributed by atoms with Crippen molar-refractivity contribution in [3.8, 4) is 47.0 Å². The molecule has 0 atom stereocenters. The molecule has 8 heterocycles. The first kappa shape index (κ1) is 94.5. The van der Waals surface area contributed by atoms with Gasteiger partial charge in [0.05, 0.1) is 109 Å². The number of nitrogens with one attached hydrogen (secondary N) is 5. The average molecular weight is 1980 g/mol. The van der Waals surface area contributed by atoms with Gasteiger partial charge in [-0.15, -0.1) is 0 Å². The molecule has 616 valence electrons. The molecule has 0 unspecified atom stereocenters. The average Bonchev–Trinajstić information content (AvgIpc) is 0.794. The Bertz CT molecular complexity index is 5260. The van der Waals surface area contributed by atoms with Gasteiger partial charge in [0.1, 0.15) is 23.1 Å². The summed E-state index contributed by atoms with van der Waals surface area (Å²) in [7, 11) is 0. The predicted octanol–water partition coefficient (Wildman–Crippen LogP) is 16.9. The van der Waals surface area contributed by atoms with Crippen LogP contribution in [0.25, 0.3) is 0 Å². The van der Waals surface area contributed by atoms with Crippen LogP contribution >= 0.6 is 59.9 Å². The summed E-state index contributed by atoms with van der Waals surface area (Å²) in [6.07, 6.45) is 11.0. The van der Waals surface area contributed by atoms with E-state index in [-0.39, 0.29) is 41.4 Å². The van der Waals surface area contributed by atoms with E-state index in [2.05, 4.69) is 118 Å². The number of ether oxygens (including phenoxy) is 7. The summed E-state index contributed by atoms with van der Waals surface area (Å²) >= 11 is 7.39. The number of aliphatic imine (C=N–C) groups is 1. The number of anilines is 4. The minimum atomic E-state index is -0.652. The number of benzene rings is 5. The standard InChI is InChI=1S/C18H19N3O2.C18H17N3O2.C17H21N3O3.C15H18N4O2.C11H13NO3.C7H6N2.3HI.V/c2*1-12-17-16(11-22-18(2,3)23-17)14(9-20-12)10-21-15-6-4-13(8-19)5-7-15;1-3-23-17(18)12-4-6-14(7-5-12)20-9-13-8-19-11(2)16(22)15(13)10-21;1-9-14(21)13(8-20)11(6-18-9)7-19-12-4-2-10(3-5-12)15(16)17;1-7-10-9(8(5-13)4-12-7)6-14-11(2,3)15-10;8-5-6-1-3-7(9)4-2-6;;;;/h4-7,9,21H,10-11H2,1-3H3;4-7,9-10H,11H2,1-3H3;4-8,18,20-22H,3,9-10H2,1-2H3;2-6,19-21H,7-8H2,1H3,(H3,16,17);4-5H,6H2,1-3H3;1-4H,9H2;3*1H;/q;;;;;;;;;+3/p-3. The van der Waals surface area contributed by atoms with Gasteiger partial charge in [0.25, 0.3) is 0 Å². The maximum absolute atomic E-state index is 10.8. The van der Waals surface area contributed by atoms with E-state index in [4.69, 9.17) is 71.2 Å². The minimum absolute atomic E-state index is 0.0248. The topological polar surface area (TPSA) is 447 Å². The number of hydrogen-bond donors (Lipinski definition) is 11. The number of halogens is 3. The Morgan fingerprint density at radius 1 is 0.534 bits per heavy atom. The SMILES string of the molecule is CCOC(=N)c1ccc(NCc2cnc(C)c(O)c2CO)cc1.Cc1ncc(C=Nc2ccc(C#N)cc2)c2c1OC(C)(C)OC2.Cc1ncc(C=O)c2c1OC(C)(C)OC2.Cc1ncc(CNc2ccc(C#N)cc2)c2c1OC(C)(C)OC2.Cc1ncc(CNc2ccc(C(=N)N)cc2)c(CO)c1O.N#Cc1ccc(N)cc1.[I][V]([I])[I]. The molecule has 0 saturated heterocycles. The molecule has 0 amide bonds. The second-order valence-electron chi connectivity index (χ2n) is 27.5. The first-order valence-corrected chi connectivity index (χ1v) is 50.1. The van der Waals surface area contributed by atoms with E-state index in [1.807, 2.05) is 118 Å². The van der Waals surface area contributed by atoms with Gasteiger partial charge in [-0.3, -0.25) is 45.5 Å². The Kier molecular flexibility index (Phi) is 36.3. The van der Waals surface area contributed by atoms with Crippen molar-refractivity contribution in [1.29, 1.82) is 26.6 Å². The summed E-state index contributed by atoms with van der Waals surface area (Å²) in [6.45, 7) is 25.0. The van der Waals surface area contributed by atoms with Crippen molar-refractivity contribution in [3.63, 3.8) is 0 Å². The van der Waals surface area contributed by atoms with Gasteiger partial charge in [-0.25, -0.2) is 0 Å². The monoisotopic (exact) mass is 1970 g/mol. The van der Waals surface area contributed by atoms with Crippen LogP contribution in [-0.2, 0) is 76.5 Å². The van der Waals surface area contributed by atoms with Gasteiger partial charge in [0.2, 0.25) is 23.3 Å². The van der Waals surface area contributed by atoms with Gasteiger partial charge >= 0.3 is 64.9 Å². The number of amidine groups is 1. The van der Waals surface area contributed by atoms with E-state index in [0.717, 1.165) is 96.6 Å². The number of fused-ring (bicyclic) bond motifs is 3. The summed E-state index contributed by atoms with van der Waals surface area (Å²) in [5, 5.41) is 89.4. The van der Waals surface area contributed by atoms with Gasteiger partial charge in [0.15, 0.2) is 17.8 Å². The molecule has 0 saturated carbocycles. The number of aliphatic hydroxyl groups is 2. The quantitative estimate of drug-likeness (QED) is 0.0133. The van der Waals surface area contributed by atoms with E-state index in [0.29, 0.717) is 113 Å². The molecule has 0 bridgehead atoms. The molecule has 0 fully saturated rings. The van der Waals surface area contributed by atoms with Gasteiger partial charge in [-0.1, -0.05) is 0 Å². The molecule has 32 heteroatoms. The van der Waals surface area contributed by atoms with Crippen LogP contribution in [0, 0.1) is 79.4 Å². The Morgan fingerprint density at radius 2 is 0.873 bits per heavy atom. The number of aromatic hydroxyl groups is 2. The van der Waals surface area contributed by atoms with Gasteiger partial charge in [-0.2, -0.15) is 15.8 Å². The Hall–Kier alpha value is -10.6. The number of nitrogens with zero attached hydrogens (tertiary/aromatic N) is 9. The predicted molar refractivity (Wildman–Crippen MR) is 475 cm³/mol. The molecule has 3 aliphatic rings. The summed E-state index contributed by atoms with van der Waals surface area (Å²) in [6, 6.07) is 41.9. The third kappa shape index (κ3) is 28.6. The fourth-order valence-corrected chi connectivity index (χ4v) is 11.1. The molecular weight excluding hydrogens is 1880 g/mol. The zero-order chi connectivity index (χ0) is 86.4. The van der Waals surface area contributed by atoms with E-state index in [9.17, 15) is 25.2 Å². The second-order valence-corrected chi connectivity index (χ2v) is 62.9. The molecule has 10 aromatic rings. The zero-order valence-electron chi connectivity index (χ0n) is 67.3. The van der Waals surface area contributed by atoms with Crippen LogP contribution in [-0.4, -0.2) is 93.5 Å². The molecule has 0 aliphatic carbocycles. The third-order valence-corrected chi connectivity index (χ3v) is 17.6. The van der Waals surface area contributed by atoms with E-state index in [1.165, 1.54) is 0 Å². The maximum atomic E-state index is 10.8. The number of carbonyl (C=O) groups excluding carboxylic acids is 1. The molecule has 3 aliphatic heterocycles. The molecule has 5 aromatic carbocycles. The third-order valence-electron chi connectivity index (χ3n) is 17.6. The molecule has 5 aromatic heterocycles. The summed E-state index contributed by atoms with van der Waals surface area (Å²) in [5.41, 5.74) is 29.3. The molecule has 0 spiro atoms. The van der Waals surface area contributed by atoms with Crippen molar-refractivity contribution in [1.82, 2.24) is 24.9 Å². The zero-order valence-corrected chi connectivity index (χ0v) is 75.1. The number of aliphatic hydroxyl groups excluding tert-OH is 2. The van der Waals surface area contributed by atoms with Crippen molar-refractivity contribution in [2.75, 3.05) is 28.3 Å². The van der Waals surface area contributed by atoms with Crippen LogP contribution in [0.5, 0.6) is 28.7 Å². The summed E-state index contributed by atoms with van der Waals surface area (Å²) < 4.78 is 39.6. The number of nitrogen functional groups attached to an aromatic ring is 2. The molecule has 13 N–H and O–H groups in total. The molecular formula is C86H94I3N16O12V.